The Kier molecular flexibility index (Phi) is 26.6. The molecule has 47 heavy (non-hydrogen) atoms. The molecule has 0 amide bonds. The molecule has 0 spiro atoms. The van der Waals surface area contributed by atoms with Crippen LogP contribution in [0.1, 0.15) is 200 Å². The molecule has 272 valence electrons. The molecule has 2 saturated heterocycles. The Bertz CT molecular complexity index is 743. The molecule has 2 aliphatic heterocycles. The summed E-state index contributed by atoms with van der Waals surface area (Å²) in [4.78, 5) is 2.52. The third kappa shape index (κ3) is 22.3. The largest absolute Gasteiger partial charge is 0.371 e. The first-order valence-corrected chi connectivity index (χ1v) is 21.2. The molecular formula is C45H81NO. The van der Waals surface area contributed by atoms with Crippen LogP contribution in [0.3, 0.4) is 0 Å². The van der Waals surface area contributed by atoms with Crippen LogP contribution in [0.2, 0.25) is 0 Å². The number of nitrogens with zero attached hydrogens (tertiary/aromatic N) is 1. The Morgan fingerprint density at radius 2 is 0.915 bits per heavy atom. The molecule has 2 heteroatoms. The van der Waals surface area contributed by atoms with Crippen LogP contribution in [0.4, 0.5) is 0 Å². The van der Waals surface area contributed by atoms with Crippen LogP contribution >= 0.6 is 0 Å². The molecule has 2 rings (SSSR count). The van der Waals surface area contributed by atoms with E-state index in [2.05, 4.69) is 74.4 Å². The summed E-state index contributed by atoms with van der Waals surface area (Å²) in [5.41, 5.74) is 0.190. The molecule has 2 aliphatic rings. The minimum Gasteiger partial charge on any atom is -0.371 e. The molecular weight excluding hydrogens is 571 g/mol. The van der Waals surface area contributed by atoms with E-state index < -0.39 is 0 Å². The maximum atomic E-state index is 7.08. The van der Waals surface area contributed by atoms with E-state index in [0.29, 0.717) is 6.10 Å². The van der Waals surface area contributed by atoms with E-state index in [1.54, 1.807) is 0 Å². The first kappa shape index (κ1) is 42.0. The van der Waals surface area contributed by atoms with Crippen LogP contribution in [0.15, 0.2) is 48.6 Å². The Morgan fingerprint density at radius 3 is 1.38 bits per heavy atom. The minimum atomic E-state index is 0.190. The lowest BCUT2D eigenvalue weighted by molar-refractivity contribution is -0.0604. The van der Waals surface area contributed by atoms with Gasteiger partial charge in [-0.2, -0.15) is 0 Å². The van der Waals surface area contributed by atoms with Crippen molar-refractivity contribution in [3.05, 3.63) is 48.6 Å². The van der Waals surface area contributed by atoms with Gasteiger partial charge in [0, 0.05) is 6.54 Å². The van der Waals surface area contributed by atoms with E-state index in [1.807, 2.05) is 0 Å². The predicted octanol–water partition coefficient (Wildman–Crippen LogP) is 14.3. The highest BCUT2D eigenvalue weighted by atomic mass is 16.5. The molecule has 2 fully saturated rings. The van der Waals surface area contributed by atoms with Gasteiger partial charge in [-0.05, 0) is 116 Å². The van der Waals surface area contributed by atoms with Gasteiger partial charge < -0.3 is 9.64 Å². The van der Waals surface area contributed by atoms with Crippen LogP contribution in [-0.4, -0.2) is 36.7 Å². The quantitative estimate of drug-likeness (QED) is 0.0566. The predicted molar refractivity (Wildman–Crippen MR) is 210 cm³/mol. The molecule has 0 saturated carbocycles. The van der Waals surface area contributed by atoms with E-state index >= 15 is 0 Å². The molecule has 2 atom stereocenters. The van der Waals surface area contributed by atoms with Crippen LogP contribution < -0.4 is 0 Å². The molecule has 0 aliphatic carbocycles. The number of hydrogen-bond donors (Lipinski definition) is 0. The standard InChI is InChI=1S/C45H81NO/c1-4-6-8-10-12-14-16-18-20-22-24-26-28-30-32-34-38-45(42-43-36-40-46(3)41-37-44(43)47-45)39-35-33-31-29-27-25-23-21-19-17-15-13-11-9-7-5-2/h12-15,18-21,43-44H,4-11,16-17,22-42H2,1-3H3/b14-12-,15-13-,20-18-,21-19-. The van der Waals surface area contributed by atoms with E-state index in [1.165, 1.54) is 186 Å². The van der Waals surface area contributed by atoms with E-state index in [4.69, 9.17) is 4.74 Å². The molecule has 0 N–H and O–H groups in total. The number of unbranched alkanes of at least 4 members (excludes halogenated alkanes) is 18. The van der Waals surface area contributed by atoms with Crippen LogP contribution in [0.5, 0.6) is 0 Å². The van der Waals surface area contributed by atoms with E-state index in [-0.39, 0.29) is 5.60 Å². The van der Waals surface area contributed by atoms with Gasteiger partial charge in [0.1, 0.15) is 0 Å². The Balaban J connectivity index is 1.56. The Morgan fingerprint density at radius 1 is 0.511 bits per heavy atom. The lowest BCUT2D eigenvalue weighted by atomic mass is 9.82. The number of likely N-dealkylation sites (tertiary alicyclic amines) is 1. The van der Waals surface area contributed by atoms with E-state index in [9.17, 15) is 0 Å². The maximum Gasteiger partial charge on any atom is 0.0690 e. The summed E-state index contributed by atoms with van der Waals surface area (Å²) >= 11 is 0. The van der Waals surface area contributed by atoms with Crippen molar-refractivity contribution in [1.82, 2.24) is 4.90 Å². The highest BCUT2D eigenvalue weighted by Gasteiger charge is 2.45. The number of ether oxygens (including phenoxy) is 1. The summed E-state index contributed by atoms with van der Waals surface area (Å²) in [5.74, 6) is 0.800. The number of allylic oxidation sites excluding steroid dienone is 8. The first-order valence-electron chi connectivity index (χ1n) is 21.2. The van der Waals surface area contributed by atoms with Gasteiger partial charge in [0.25, 0.3) is 0 Å². The van der Waals surface area contributed by atoms with Crippen molar-refractivity contribution < 1.29 is 4.74 Å². The highest BCUT2D eigenvalue weighted by molar-refractivity contribution is 4.96. The number of fused-ring (bicyclic) bond motifs is 1. The third-order valence-corrected chi connectivity index (χ3v) is 10.9. The summed E-state index contributed by atoms with van der Waals surface area (Å²) in [5, 5.41) is 0. The van der Waals surface area contributed by atoms with Crippen LogP contribution in [0, 0.1) is 5.92 Å². The second-order valence-corrected chi connectivity index (χ2v) is 15.4. The summed E-state index contributed by atoms with van der Waals surface area (Å²) in [6, 6.07) is 0. The Hall–Kier alpha value is -1.12. The fourth-order valence-corrected chi connectivity index (χ4v) is 7.82. The zero-order valence-corrected chi connectivity index (χ0v) is 32.0. The summed E-state index contributed by atoms with van der Waals surface area (Å²) < 4.78 is 7.08. The average molecular weight is 652 g/mol. The zero-order chi connectivity index (χ0) is 33.5. The van der Waals surface area contributed by atoms with Gasteiger partial charge in [-0.25, -0.2) is 0 Å². The minimum absolute atomic E-state index is 0.190. The lowest BCUT2D eigenvalue weighted by Crippen LogP contribution is -2.30. The highest BCUT2D eigenvalue weighted by Crippen LogP contribution is 2.45. The van der Waals surface area contributed by atoms with Gasteiger partial charge in [0.05, 0.1) is 11.7 Å². The van der Waals surface area contributed by atoms with Gasteiger partial charge >= 0.3 is 0 Å². The molecule has 0 aromatic heterocycles. The maximum absolute atomic E-state index is 7.08. The van der Waals surface area contributed by atoms with Gasteiger partial charge in [0.15, 0.2) is 0 Å². The van der Waals surface area contributed by atoms with Crippen molar-refractivity contribution >= 4 is 0 Å². The third-order valence-electron chi connectivity index (χ3n) is 10.9. The molecule has 0 aromatic carbocycles. The molecule has 2 unspecified atom stereocenters. The van der Waals surface area contributed by atoms with Crippen molar-refractivity contribution in [3.8, 4) is 0 Å². The van der Waals surface area contributed by atoms with Gasteiger partial charge in [0.2, 0.25) is 0 Å². The lowest BCUT2D eigenvalue weighted by Gasteiger charge is -2.30. The van der Waals surface area contributed by atoms with Crippen molar-refractivity contribution in [3.63, 3.8) is 0 Å². The molecule has 0 aromatic rings. The summed E-state index contributed by atoms with van der Waals surface area (Å²) in [7, 11) is 2.29. The molecule has 2 heterocycles. The van der Waals surface area contributed by atoms with Crippen molar-refractivity contribution in [2.75, 3.05) is 20.1 Å². The van der Waals surface area contributed by atoms with Crippen LogP contribution in [-0.2, 0) is 4.74 Å². The van der Waals surface area contributed by atoms with Crippen molar-refractivity contribution in [2.24, 2.45) is 5.92 Å². The van der Waals surface area contributed by atoms with E-state index in [0.717, 1.165) is 18.8 Å². The summed E-state index contributed by atoms with van der Waals surface area (Å²) in [6.07, 6.45) is 58.0. The van der Waals surface area contributed by atoms with Crippen molar-refractivity contribution in [2.45, 2.75) is 212 Å². The molecule has 0 bridgehead atoms. The Labute approximate surface area is 295 Å². The van der Waals surface area contributed by atoms with Gasteiger partial charge in [-0.1, -0.05) is 152 Å². The smallest absolute Gasteiger partial charge is 0.0690 e. The second kappa shape index (κ2) is 29.8. The average Bonchev–Trinajstić information content (AvgIpc) is 3.34. The van der Waals surface area contributed by atoms with Gasteiger partial charge in [-0.3, -0.25) is 0 Å². The number of rotatable bonds is 30. The fraction of sp³-hybridized carbons (Fsp3) is 0.822. The summed E-state index contributed by atoms with van der Waals surface area (Å²) in [6.45, 7) is 7.03. The molecule has 0 radical (unpaired) electrons. The zero-order valence-electron chi connectivity index (χ0n) is 32.0. The normalized spacial score (nSPS) is 20.4. The SMILES string of the molecule is CCCCC/C=C\C/C=C\CCCCCCCCC1(CCCCCCCC/C=C\C/C=C\CCCCC)CC2CCN(C)CCC2O1. The van der Waals surface area contributed by atoms with Gasteiger partial charge in [-0.15, -0.1) is 0 Å². The monoisotopic (exact) mass is 652 g/mol. The fourth-order valence-electron chi connectivity index (χ4n) is 7.82. The topological polar surface area (TPSA) is 12.5 Å². The second-order valence-electron chi connectivity index (χ2n) is 15.4. The number of hydrogen-bond acceptors (Lipinski definition) is 2. The molecule has 2 nitrogen and oxygen atoms in total. The first-order chi connectivity index (χ1) is 23.2. The van der Waals surface area contributed by atoms with Crippen LogP contribution in [0.25, 0.3) is 0 Å². The van der Waals surface area contributed by atoms with Crippen molar-refractivity contribution in [1.29, 1.82) is 0 Å².